The van der Waals surface area contributed by atoms with Gasteiger partial charge in [-0.2, -0.15) is 0 Å². The van der Waals surface area contributed by atoms with Crippen molar-refractivity contribution >= 4 is 23.3 Å². The number of aryl methyl sites for hydroxylation is 1. The number of hydrogen-bond acceptors (Lipinski definition) is 3. The summed E-state index contributed by atoms with van der Waals surface area (Å²) in [5.41, 5.74) is 2.10. The minimum Gasteiger partial charge on any atom is -0.495 e. The van der Waals surface area contributed by atoms with E-state index >= 15 is 0 Å². The highest BCUT2D eigenvalue weighted by Gasteiger charge is 2.31. The number of fused-ring (bicyclic) bond motifs is 1. The Hall–Kier alpha value is -3.15. The van der Waals surface area contributed by atoms with Gasteiger partial charge >= 0.3 is 5.97 Å². The number of aliphatic carboxylic acids is 1. The standard InChI is InChI=1S/C20H18FNO4/c1-12-7-8-13(9-16(12)21)11-22-17-6-4-3-5-14(17)19(26-2)15(20(24)25)10-18(22)23/h3-9H,10-11H2,1-2H3,(H,24,25). The van der Waals surface area contributed by atoms with Gasteiger partial charge in [0.2, 0.25) is 5.91 Å². The number of carboxylic acid groups (broad SMARTS) is 1. The first-order chi connectivity index (χ1) is 12.4. The Kier molecular flexibility index (Phi) is 4.75. The van der Waals surface area contributed by atoms with E-state index in [0.717, 1.165) is 0 Å². The van der Waals surface area contributed by atoms with Crippen molar-refractivity contribution in [2.24, 2.45) is 0 Å². The molecule has 0 aromatic heterocycles. The molecule has 134 valence electrons. The summed E-state index contributed by atoms with van der Waals surface area (Å²) in [6.07, 6.45) is -0.304. The first-order valence-corrected chi connectivity index (χ1v) is 8.07. The Morgan fingerprint density at radius 3 is 2.65 bits per heavy atom. The molecule has 1 N–H and O–H groups in total. The molecule has 0 saturated carbocycles. The molecule has 1 heterocycles. The smallest absolute Gasteiger partial charge is 0.335 e. The number of para-hydroxylation sites is 1. The maximum absolute atomic E-state index is 13.9. The lowest BCUT2D eigenvalue weighted by Gasteiger charge is -2.23. The minimum atomic E-state index is -1.20. The summed E-state index contributed by atoms with van der Waals surface area (Å²) in [7, 11) is 1.38. The van der Waals surface area contributed by atoms with Crippen molar-refractivity contribution in [1.82, 2.24) is 0 Å². The fraction of sp³-hybridized carbons (Fsp3) is 0.200. The average molecular weight is 355 g/mol. The van der Waals surface area contributed by atoms with Crippen molar-refractivity contribution in [3.8, 4) is 0 Å². The zero-order valence-electron chi connectivity index (χ0n) is 14.5. The van der Waals surface area contributed by atoms with E-state index in [1.807, 2.05) is 0 Å². The zero-order chi connectivity index (χ0) is 18.8. The van der Waals surface area contributed by atoms with Crippen LogP contribution in [0.1, 0.15) is 23.1 Å². The lowest BCUT2D eigenvalue weighted by molar-refractivity contribution is -0.133. The minimum absolute atomic E-state index is 0.0949. The molecule has 0 unspecified atom stereocenters. The van der Waals surface area contributed by atoms with Crippen molar-refractivity contribution in [1.29, 1.82) is 0 Å². The van der Waals surface area contributed by atoms with Gasteiger partial charge in [0.15, 0.2) is 0 Å². The Labute approximate surface area is 150 Å². The number of hydrogen-bond donors (Lipinski definition) is 1. The highest BCUT2D eigenvalue weighted by atomic mass is 19.1. The van der Waals surface area contributed by atoms with Crippen LogP contribution in [0.5, 0.6) is 0 Å². The molecular formula is C20H18FNO4. The number of methoxy groups -OCH3 is 1. The van der Waals surface area contributed by atoms with Gasteiger partial charge in [-0.05, 0) is 36.2 Å². The maximum Gasteiger partial charge on any atom is 0.335 e. The number of benzene rings is 2. The predicted octanol–water partition coefficient (Wildman–Crippen LogP) is 3.51. The van der Waals surface area contributed by atoms with Crippen LogP contribution in [-0.2, 0) is 20.9 Å². The maximum atomic E-state index is 13.9. The lowest BCUT2D eigenvalue weighted by Crippen LogP contribution is -2.30. The first kappa shape index (κ1) is 17.7. The van der Waals surface area contributed by atoms with E-state index in [4.69, 9.17) is 4.74 Å². The van der Waals surface area contributed by atoms with Crippen LogP contribution >= 0.6 is 0 Å². The van der Waals surface area contributed by atoms with Crippen molar-refractivity contribution in [2.45, 2.75) is 19.9 Å². The number of nitrogens with zero attached hydrogens (tertiary/aromatic N) is 1. The molecule has 1 aliphatic rings. The van der Waals surface area contributed by atoms with Crippen molar-refractivity contribution in [3.05, 3.63) is 70.5 Å². The number of rotatable bonds is 4. The third-order valence-electron chi connectivity index (χ3n) is 4.38. The molecule has 2 aromatic rings. The molecule has 3 rings (SSSR count). The second-order valence-corrected chi connectivity index (χ2v) is 6.07. The van der Waals surface area contributed by atoms with Crippen molar-refractivity contribution < 1.29 is 23.8 Å². The molecular weight excluding hydrogens is 337 g/mol. The molecule has 26 heavy (non-hydrogen) atoms. The van der Waals surface area contributed by atoms with E-state index in [1.165, 1.54) is 18.1 Å². The molecule has 6 heteroatoms. The van der Waals surface area contributed by atoms with Gasteiger partial charge in [-0.15, -0.1) is 0 Å². The van der Waals surface area contributed by atoms with Gasteiger partial charge in [0.25, 0.3) is 0 Å². The van der Waals surface area contributed by atoms with E-state index in [1.54, 1.807) is 43.3 Å². The SMILES string of the molecule is COC1=C(C(=O)O)CC(=O)N(Cc2ccc(C)c(F)c2)c2ccccc21. The van der Waals surface area contributed by atoms with Gasteiger partial charge in [-0.25, -0.2) is 9.18 Å². The molecule has 0 bridgehead atoms. The van der Waals surface area contributed by atoms with Crippen molar-refractivity contribution in [2.75, 3.05) is 12.0 Å². The van der Waals surface area contributed by atoms with Crippen LogP contribution in [0.2, 0.25) is 0 Å². The molecule has 0 saturated heterocycles. The van der Waals surface area contributed by atoms with Gasteiger partial charge in [0, 0.05) is 5.56 Å². The molecule has 0 radical (unpaired) electrons. The second-order valence-electron chi connectivity index (χ2n) is 6.07. The van der Waals surface area contributed by atoms with E-state index < -0.39 is 5.97 Å². The predicted molar refractivity (Wildman–Crippen MR) is 95.0 cm³/mol. The number of carbonyl (C=O) groups excluding carboxylic acids is 1. The van der Waals surface area contributed by atoms with Crippen LogP contribution in [0.4, 0.5) is 10.1 Å². The van der Waals surface area contributed by atoms with E-state index in [0.29, 0.717) is 22.4 Å². The number of halogens is 1. The number of anilines is 1. The van der Waals surface area contributed by atoms with E-state index in [-0.39, 0.29) is 36.0 Å². The van der Waals surface area contributed by atoms with Crippen molar-refractivity contribution in [3.63, 3.8) is 0 Å². The fourth-order valence-corrected chi connectivity index (χ4v) is 3.02. The molecule has 0 spiro atoms. The van der Waals surface area contributed by atoms with Crippen LogP contribution in [0.3, 0.4) is 0 Å². The molecule has 0 aliphatic carbocycles. The molecule has 1 amide bonds. The quantitative estimate of drug-likeness (QED) is 0.911. The van der Waals surface area contributed by atoms with Crippen LogP contribution in [0.15, 0.2) is 48.0 Å². The number of carboxylic acids is 1. The monoisotopic (exact) mass is 355 g/mol. The largest absolute Gasteiger partial charge is 0.495 e. The molecule has 5 nitrogen and oxygen atoms in total. The Morgan fingerprint density at radius 2 is 2.00 bits per heavy atom. The fourth-order valence-electron chi connectivity index (χ4n) is 3.02. The van der Waals surface area contributed by atoms with Gasteiger partial charge in [0.05, 0.1) is 31.3 Å². The Balaban J connectivity index is 2.09. The molecule has 0 atom stereocenters. The second kappa shape index (κ2) is 7.00. The molecule has 0 fully saturated rings. The van der Waals surface area contributed by atoms with Gasteiger partial charge in [-0.1, -0.05) is 24.3 Å². The van der Waals surface area contributed by atoms with E-state index in [9.17, 15) is 19.1 Å². The van der Waals surface area contributed by atoms with Crippen LogP contribution in [0, 0.1) is 12.7 Å². The normalized spacial score (nSPS) is 14.1. The molecule has 1 aliphatic heterocycles. The Morgan fingerprint density at radius 1 is 1.27 bits per heavy atom. The molecule has 2 aromatic carbocycles. The van der Waals surface area contributed by atoms with Gasteiger partial charge in [-0.3, -0.25) is 4.79 Å². The lowest BCUT2D eigenvalue weighted by atomic mass is 10.1. The summed E-state index contributed by atoms with van der Waals surface area (Å²) in [6.45, 7) is 1.80. The van der Waals surface area contributed by atoms with Crippen LogP contribution in [0.25, 0.3) is 5.76 Å². The number of ether oxygens (including phenoxy) is 1. The Bertz CT molecular complexity index is 920. The van der Waals surface area contributed by atoms with Gasteiger partial charge < -0.3 is 14.7 Å². The summed E-state index contributed by atoms with van der Waals surface area (Å²) in [4.78, 5) is 25.9. The third-order valence-corrected chi connectivity index (χ3v) is 4.38. The number of amides is 1. The number of carbonyl (C=O) groups is 2. The van der Waals surface area contributed by atoms with Gasteiger partial charge in [0.1, 0.15) is 11.6 Å². The topological polar surface area (TPSA) is 66.8 Å². The third kappa shape index (κ3) is 3.18. The summed E-state index contributed by atoms with van der Waals surface area (Å²) in [5, 5.41) is 9.49. The average Bonchev–Trinajstić information content (AvgIpc) is 2.73. The van der Waals surface area contributed by atoms with E-state index in [2.05, 4.69) is 0 Å². The summed E-state index contributed by atoms with van der Waals surface area (Å²) in [5.74, 6) is -1.77. The zero-order valence-corrected chi connectivity index (χ0v) is 14.5. The van der Waals surface area contributed by atoms with Crippen LogP contribution < -0.4 is 4.90 Å². The van der Waals surface area contributed by atoms with Crippen LogP contribution in [-0.4, -0.2) is 24.1 Å². The summed E-state index contributed by atoms with van der Waals surface area (Å²) < 4.78 is 19.2. The highest BCUT2D eigenvalue weighted by Crippen LogP contribution is 2.35. The summed E-state index contributed by atoms with van der Waals surface area (Å²) >= 11 is 0. The first-order valence-electron chi connectivity index (χ1n) is 8.07. The summed E-state index contributed by atoms with van der Waals surface area (Å²) in [6, 6.07) is 11.7. The highest BCUT2D eigenvalue weighted by molar-refractivity contribution is 6.08.